The molecule has 0 saturated carbocycles. The van der Waals surface area contributed by atoms with Crippen LogP contribution in [0.5, 0.6) is 0 Å². The number of nitrogens with zero attached hydrogens (tertiary/aromatic N) is 1. The predicted octanol–water partition coefficient (Wildman–Crippen LogP) is 3.63. The van der Waals surface area contributed by atoms with Crippen LogP contribution in [0.15, 0.2) is 60.7 Å². The molecule has 0 unspecified atom stereocenters. The van der Waals surface area contributed by atoms with Crippen molar-refractivity contribution in [3.63, 3.8) is 0 Å². The smallest absolute Gasteiger partial charge is 0.0363 e. The maximum atomic E-state index is 3.42. The molecule has 0 aromatic heterocycles. The first-order valence-electron chi connectivity index (χ1n) is 6.41. The molecule has 0 spiro atoms. The summed E-state index contributed by atoms with van der Waals surface area (Å²) in [6.07, 6.45) is 1.13. The topological polar surface area (TPSA) is 15.3 Å². The Morgan fingerprint density at radius 3 is 2.17 bits per heavy atom. The van der Waals surface area contributed by atoms with E-state index in [1.165, 1.54) is 11.4 Å². The molecule has 0 atom stereocenters. The molecule has 2 aromatic rings. The first-order valence-corrected chi connectivity index (χ1v) is 6.41. The van der Waals surface area contributed by atoms with Gasteiger partial charge < -0.3 is 10.2 Å². The summed E-state index contributed by atoms with van der Waals surface area (Å²) in [6.45, 7) is 2.06. The van der Waals surface area contributed by atoms with Crippen LogP contribution in [0, 0.1) is 0 Å². The van der Waals surface area contributed by atoms with Crippen molar-refractivity contribution < 1.29 is 0 Å². The zero-order chi connectivity index (χ0) is 12.6. The van der Waals surface area contributed by atoms with Crippen molar-refractivity contribution >= 4 is 11.4 Å². The molecule has 0 heterocycles. The number of hydrogen-bond donors (Lipinski definition) is 1. The van der Waals surface area contributed by atoms with Crippen LogP contribution in [0.2, 0.25) is 0 Å². The fourth-order valence-corrected chi connectivity index (χ4v) is 1.92. The Hall–Kier alpha value is -1.96. The molecule has 94 valence electrons. The fraction of sp³-hybridized carbons (Fsp3) is 0.250. The molecular weight excluding hydrogens is 220 g/mol. The third kappa shape index (κ3) is 3.81. The average molecular weight is 240 g/mol. The van der Waals surface area contributed by atoms with Crippen LogP contribution in [0.1, 0.15) is 6.42 Å². The van der Waals surface area contributed by atoms with Gasteiger partial charge in [-0.1, -0.05) is 36.4 Å². The molecule has 0 saturated heterocycles. The van der Waals surface area contributed by atoms with Gasteiger partial charge in [0.05, 0.1) is 0 Å². The van der Waals surface area contributed by atoms with E-state index in [0.29, 0.717) is 0 Å². The second-order valence-electron chi connectivity index (χ2n) is 4.40. The lowest BCUT2D eigenvalue weighted by Crippen LogP contribution is -2.20. The molecule has 18 heavy (non-hydrogen) atoms. The molecule has 0 radical (unpaired) electrons. The summed E-state index contributed by atoms with van der Waals surface area (Å²) in [5.74, 6) is 0. The summed E-state index contributed by atoms with van der Waals surface area (Å²) in [7, 11) is 2.14. The Balaban J connectivity index is 1.70. The van der Waals surface area contributed by atoms with Gasteiger partial charge in [0.1, 0.15) is 0 Å². The van der Waals surface area contributed by atoms with E-state index in [4.69, 9.17) is 0 Å². The van der Waals surface area contributed by atoms with Gasteiger partial charge in [0.25, 0.3) is 0 Å². The molecule has 2 rings (SSSR count). The van der Waals surface area contributed by atoms with Crippen LogP contribution in [0.3, 0.4) is 0 Å². The number of nitrogens with one attached hydrogen (secondary N) is 1. The number of anilines is 2. The van der Waals surface area contributed by atoms with Crippen molar-refractivity contribution in [3.8, 4) is 0 Å². The van der Waals surface area contributed by atoms with Gasteiger partial charge in [-0.2, -0.15) is 0 Å². The third-order valence-corrected chi connectivity index (χ3v) is 2.97. The van der Waals surface area contributed by atoms with Crippen molar-refractivity contribution in [2.75, 3.05) is 30.4 Å². The predicted molar refractivity (Wildman–Crippen MR) is 79.3 cm³/mol. The van der Waals surface area contributed by atoms with Crippen molar-refractivity contribution in [1.29, 1.82) is 0 Å². The number of hydrogen-bond acceptors (Lipinski definition) is 2. The van der Waals surface area contributed by atoms with Gasteiger partial charge in [-0.25, -0.2) is 0 Å². The maximum absolute atomic E-state index is 3.42. The Kier molecular flexibility index (Phi) is 4.65. The van der Waals surface area contributed by atoms with Gasteiger partial charge in [-0.3, -0.25) is 0 Å². The molecule has 0 aliphatic carbocycles. The van der Waals surface area contributed by atoms with Crippen molar-refractivity contribution in [2.45, 2.75) is 6.42 Å². The minimum Gasteiger partial charge on any atom is -0.385 e. The average Bonchev–Trinajstić information content (AvgIpc) is 2.45. The van der Waals surface area contributed by atoms with E-state index in [1.54, 1.807) is 0 Å². The Labute approximate surface area is 109 Å². The van der Waals surface area contributed by atoms with E-state index in [0.717, 1.165) is 19.5 Å². The molecule has 0 fully saturated rings. The van der Waals surface area contributed by atoms with Gasteiger partial charge in [0.2, 0.25) is 0 Å². The lowest BCUT2D eigenvalue weighted by atomic mass is 10.2. The minimum absolute atomic E-state index is 1.00. The highest BCUT2D eigenvalue weighted by Crippen LogP contribution is 2.11. The van der Waals surface area contributed by atoms with Crippen LogP contribution < -0.4 is 10.2 Å². The van der Waals surface area contributed by atoms with Gasteiger partial charge in [-0.05, 0) is 30.7 Å². The van der Waals surface area contributed by atoms with E-state index >= 15 is 0 Å². The first kappa shape index (κ1) is 12.5. The highest BCUT2D eigenvalue weighted by Gasteiger charge is 1.98. The highest BCUT2D eigenvalue weighted by molar-refractivity contribution is 5.45. The first-order chi connectivity index (χ1) is 8.86. The van der Waals surface area contributed by atoms with Gasteiger partial charge >= 0.3 is 0 Å². The van der Waals surface area contributed by atoms with E-state index in [9.17, 15) is 0 Å². The highest BCUT2D eigenvalue weighted by atomic mass is 15.1. The molecule has 2 heteroatoms. The van der Waals surface area contributed by atoms with Crippen LogP contribution in [-0.4, -0.2) is 20.1 Å². The van der Waals surface area contributed by atoms with Crippen LogP contribution in [0.4, 0.5) is 11.4 Å². The molecule has 1 N–H and O–H groups in total. The SMILES string of the molecule is CN(CCCNc1ccccc1)c1ccccc1. The van der Waals surface area contributed by atoms with Crippen LogP contribution >= 0.6 is 0 Å². The Morgan fingerprint density at radius 2 is 1.50 bits per heavy atom. The number of para-hydroxylation sites is 2. The van der Waals surface area contributed by atoms with Gasteiger partial charge in [-0.15, -0.1) is 0 Å². The van der Waals surface area contributed by atoms with Crippen LogP contribution in [0.25, 0.3) is 0 Å². The van der Waals surface area contributed by atoms with Gasteiger partial charge in [0, 0.05) is 31.5 Å². The molecular formula is C16H20N2. The fourth-order valence-electron chi connectivity index (χ4n) is 1.92. The second kappa shape index (κ2) is 6.70. The summed E-state index contributed by atoms with van der Waals surface area (Å²) >= 11 is 0. The molecule has 2 nitrogen and oxygen atoms in total. The van der Waals surface area contributed by atoms with Crippen molar-refractivity contribution in [2.24, 2.45) is 0 Å². The molecule has 0 bridgehead atoms. The molecule has 0 amide bonds. The summed E-state index contributed by atoms with van der Waals surface area (Å²) in [5, 5.41) is 3.42. The summed E-state index contributed by atoms with van der Waals surface area (Å²) in [6, 6.07) is 20.8. The Bertz CT molecular complexity index is 439. The summed E-state index contributed by atoms with van der Waals surface area (Å²) < 4.78 is 0. The zero-order valence-corrected chi connectivity index (χ0v) is 10.8. The normalized spacial score (nSPS) is 10.1. The third-order valence-electron chi connectivity index (χ3n) is 2.97. The molecule has 2 aromatic carbocycles. The summed E-state index contributed by atoms with van der Waals surface area (Å²) in [4.78, 5) is 2.28. The van der Waals surface area contributed by atoms with E-state index in [-0.39, 0.29) is 0 Å². The molecule has 0 aliphatic rings. The second-order valence-corrected chi connectivity index (χ2v) is 4.40. The zero-order valence-electron chi connectivity index (χ0n) is 10.8. The number of rotatable bonds is 6. The van der Waals surface area contributed by atoms with E-state index in [2.05, 4.69) is 65.8 Å². The van der Waals surface area contributed by atoms with E-state index in [1.807, 2.05) is 12.1 Å². The molecule has 0 aliphatic heterocycles. The van der Waals surface area contributed by atoms with Crippen molar-refractivity contribution in [3.05, 3.63) is 60.7 Å². The van der Waals surface area contributed by atoms with Crippen LogP contribution in [-0.2, 0) is 0 Å². The van der Waals surface area contributed by atoms with Crippen molar-refractivity contribution in [1.82, 2.24) is 0 Å². The Morgan fingerprint density at radius 1 is 0.889 bits per heavy atom. The monoisotopic (exact) mass is 240 g/mol. The maximum Gasteiger partial charge on any atom is 0.0363 e. The lowest BCUT2D eigenvalue weighted by molar-refractivity contribution is 0.816. The van der Waals surface area contributed by atoms with E-state index < -0.39 is 0 Å². The lowest BCUT2D eigenvalue weighted by Gasteiger charge is -2.19. The summed E-state index contributed by atoms with van der Waals surface area (Å²) in [5.41, 5.74) is 2.47. The largest absolute Gasteiger partial charge is 0.385 e. The quantitative estimate of drug-likeness (QED) is 0.776. The number of benzene rings is 2. The minimum atomic E-state index is 1.00. The van der Waals surface area contributed by atoms with Gasteiger partial charge in [0.15, 0.2) is 0 Å². The standard InChI is InChI=1S/C16H20N2/c1-18(16-11-6-3-7-12-16)14-8-13-17-15-9-4-2-5-10-15/h2-7,9-12,17H,8,13-14H2,1H3.